The van der Waals surface area contributed by atoms with Crippen LogP contribution in [0.25, 0.3) is 49.6 Å². The van der Waals surface area contributed by atoms with Gasteiger partial charge in [0.1, 0.15) is 0 Å². The van der Waals surface area contributed by atoms with Crippen molar-refractivity contribution in [1.82, 2.24) is 14.0 Å². The summed E-state index contributed by atoms with van der Waals surface area (Å²) in [7, 11) is 0. The molecule has 2 aliphatic rings. The summed E-state index contributed by atoms with van der Waals surface area (Å²) in [5.41, 5.74) is 16.0. The predicted octanol–water partition coefficient (Wildman–Crippen LogP) is 12.8. The largest absolute Gasteiger partial charge is 0.370 e. The van der Waals surface area contributed by atoms with Gasteiger partial charge in [-0.2, -0.15) is 0 Å². The lowest BCUT2D eigenvalue weighted by Gasteiger charge is -2.32. The van der Waals surface area contributed by atoms with Gasteiger partial charge in [-0.25, -0.2) is 0 Å². The molecule has 0 saturated carbocycles. The van der Waals surface area contributed by atoms with E-state index in [1.807, 2.05) is 0 Å². The summed E-state index contributed by atoms with van der Waals surface area (Å²) in [5, 5.41) is 2.69. The monoisotopic (exact) mass is 677 g/mol. The average molecular weight is 678 g/mol. The molecule has 1 aliphatic carbocycles. The van der Waals surface area contributed by atoms with E-state index in [0.29, 0.717) is 12.0 Å². The van der Waals surface area contributed by atoms with Crippen LogP contribution in [0.3, 0.4) is 0 Å². The van der Waals surface area contributed by atoms with Crippen molar-refractivity contribution in [2.24, 2.45) is 5.92 Å². The molecule has 2 unspecified atom stereocenters. The highest BCUT2D eigenvalue weighted by Crippen LogP contribution is 2.47. The molecule has 0 saturated heterocycles. The van der Waals surface area contributed by atoms with Gasteiger partial charge in [0.25, 0.3) is 0 Å². The van der Waals surface area contributed by atoms with E-state index in [4.69, 9.17) is 0 Å². The number of rotatable bonds is 15. The Bertz CT molecular complexity index is 1980. The summed E-state index contributed by atoms with van der Waals surface area (Å²) in [6, 6.07) is 19.7. The van der Waals surface area contributed by atoms with Crippen molar-refractivity contribution >= 4 is 27.4 Å². The Hall–Kier alpha value is -4.24. The zero-order valence-electron chi connectivity index (χ0n) is 32.1. The maximum atomic E-state index is 2.61. The molecule has 0 bridgehead atoms. The summed E-state index contributed by atoms with van der Waals surface area (Å²) in [5.74, 6) is 0.409. The fourth-order valence-electron chi connectivity index (χ4n) is 9.20. The van der Waals surface area contributed by atoms with E-state index in [0.717, 1.165) is 71.0 Å². The zero-order valence-corrected chi connectivity index (χ0v) is 32.1. The van der Waals surface area contributed by atoms with Gasteiger partial charge in [-0.3, -0.25) is 0 Å². The molecule has 0 fully saturated rings. The van der Waals surface area contributed by atoms with Crippen LogP contribution in [0.2, 0.25) is 0 Å². The Labute approximate surface area is 307 Å². The van der Waals surface area contributed by atoms with Crippen LogP contribution in [0.5, 0.6) is 0 Å². The molecule has 5 aromatic rings. The van der Waals surface area contributed by atoms with Crippen LogP contribution in [-0.4, -0.2) is 26.6 Å². The van der Waals surface area contributed by atoms with Gasteiger partial charge in [-0.15, -0.1) is 0 Å². The van der Waals surface area contributed by atoms with E-state index < -0.39 is 0 Å². The Kier molecular flexibility index (Phi) is 10.7. The maximum absolute atomic E-state index is 2.61. The van der Waals surface area contributed by atoms with Gasteiger partial charge in [0, 0.05) is 59.8 Å². The Morgan fingerprint density at radius 3 is 1.53 bits per heavy atom. The molecule has 0 N–H and O–H groups in total. The summed E-state index contributed by atoms with van der Waals surface area (Å²) in [6.07, 6.45) is 27.0. The fraction of sp³-hybridized carbons (Fsp3) is 0.417. The Morgan fingerprint density at radius 1 is 0.529 bits per heavy atom. The minimum atomic E-state index is 0.409. The molecule has 0 amide bonds. The molecule has 2 atom stereocenters. The fourth-order valence-corrected chi connectivity index (χ4v) is 9.20. The molecular formula is C48H59N3. The molecule has 2 aromatic heterocycles. The first-order chi connectivity index (χ1) is 25.0. The van der Waals surface area contributed by atoms with Crippen LogP contribution in [0.15, 0.2) is 91.4 Å². The average Bonchev–Trinajstić information content (AvgIpc) is 3.86. The first-order valence-corrected chi connectivity index (χ1v) is 20.3. The van der Waals surface area contributed by atoms with E-state index in [1.54, 1.807) is 16.7 Å². The van der Waals surface area contributed by atoms with Gasteiger partial charge in [0.05, 0.1) is 6.04 Å². The van der Waals surface area contributed by atoms with Crippen LogP contribution in [0, 0.1) is 5.92 Å². The second-order valence-corrected chi connectivity index (χ2v) is 15.0. The quantitative estimate of drug-likeness (QED) is 0.107. The number of aromatic nitrogens is 2. The summed E-state index contributed by atoms with van der Waals surface area (Å²) >= 11 is 0. The third-order valence-electron chi connectivity index (χ3n) is 11.3. The lowest BCUT2D eigenvalue weighted by molar-refractivity contribution is 0.319. The third-order valence-corrected chi connectivity index (χ3v) is 11.3. The number of benzene rings is 3. The predicted molar refractivity (Wildman–Crippen MR) is 221 cm³/mol. The Balaban J connectivity index is 1.54. The number of hydrogen-bond donors (Lipinski definition) is 0. The lowest BCUT2D eigenvalue weighted by Crippen LogP contribution is -2.31. The second-order valence-electron chi connectivity index (χ2n) is 15.0. The van der Waals surface area contributed by atoms with Crippen molar-refractivity contribution in [2.45, 2.75) is 118 Å². The molecule has 0 spiro atoms. The van der Waals surface area contributed by atoms with Crippen LogP contribution >= 0.6 is 0 Å². The normalized spacial score (nSPS) is 16.9. The van der Waals surface area contributed by atoms with E-state index >= 15 is 0 Å². The minimum Gasteiger partial charge on any atom is -0.370 e. The molecule has 266 valence electrons. The topological polar surface area (TPSA) is 13.1 Å². The lowest BCUT2D eigenvalue weighted by atomic mass is 9.74. The minimum absolute atomic E-state index is 0.409. The van der Waals surface area contributed by atoms with Crippen molar-refractivity contribution in [2.75, 3.05) is 6.54 Å². The first kappa shape index (κ1) is 35.2. The number of hydrogen-bond acceptors (Lipinski definition) is 1. The van der Waals surface area contributed by atoms with Crippen LogP contribution in [0.4, 0.5) is 0 Å². The highest BCUT2D eigenvalue weighted by molar-refractivity contribution is 5.97. The van der Waals surface area contributed by atoms with Gasteiger partial charge < -0.3 is 14.0 Å². The number of allylic oxidation sites excluding steroid dienone is 2. The zero-order chi connectivity index (χ0) is 35.5. The van der Waals surface area contributed by atoms with Crippen LogP contribution in [-0.2, 0) is 32.4 Å². The van der Waals surface area contributed by atoms with Crippen molar-refractivity contribution in [3.63, 3.8) is 0 Å². The van der Waals surface area contributed by atoms with Crippen LogP contribution < -0.4 is 0 Å². The second kappa shape index (κ2) is 15.6. The highest BCUT2D eigenvalue weighted by Gasteiger charge is 2.31. The molecule has 3 aromatic carbocycles. The molecule has 3 heteroatoms. The van der Waals surface area contributed by atoms with Crippen molar-refractivity contribution in [1.29, 1.82) is 0 Å². The molecule has 0 radical (unpaired) electrons. The third kappa shape index (κ3) is 6.54. The SMILES string of the molecule is CCCc1c(C2=CC3C=CN(CCC)C3C=C2)c(CCC)c(-c2ccc3c(ccn3CCC)c2)c(CCC)c1-c1ccc2c(ccn2CCC)c1. The van der Waals surface area contributed by atoms with Crippen molar-refractivity contribution < 1.29 is 0 Å². The van der Waals surface area contributed by atoms with E-state index in [9.17, 15) is 0 Å². The van der Waals surface area contributed by atoms with E-state index in [1.165, 1.54) is 61.6 Å². The highest BCUT2D eigenvalue weighted by atomic mass is 15.2. The number of aryl methyl sites for hydroxylation is 2. The first-order valence-electron chi connectivity index (χ1n) is 20.3. The number of nitrogens with zero attached hydrogens (tertiary/aromatic N) is 3. The molecule has 3 nitrogen and oxygen atoms in total. The van der Waals surface area contributed by atoms with Gasteiger partial charge in [-0.05, 0) is 131 Å². The molecule has 3 heterocycles. The smallest absolute Gasteiger partial charge is 0.0569 e. The van der Waals surface area contributed by atoms with E-state index in [-0.39, 0.29) is 0 Å². The molecule has 1 aliphatic heterocycles. The van der Waals surface area contributed by atoms with Gasteiger partial charge >= 0.3 is 0 Å². The van der Waals surface area contributed by atoms with Crippen molar-refractivity contribution in [3.05, 3.63) is 114 Å². The van der Waals surface area contributed by atoms with Gasteiger partial charge in [0.15, 0.2) is 0 Å². The van der Waals surface area contributed by atoms with Crippen LogP contribution in [0.1, 0.15) is 102 Å². The summed E-state index contributed by atoms with van der Waals surface area (Å²) in [6.45, 7) is 17.1. The standard InChI is InChI=1S/C48H59N3/c1-7-13-40-46(37-16-19-43-34(31-37)22-28-49(43)25-10-4)41(14-8-2)48(39-18-21-45-36(33-39)24-30-51(45)27-12-6)42(15-9-3)47(40)38-17-20-44-35(32-38)23-29-50(44)26-11-5/h16-24,28-34,43H,7-15,25-27H2,1-6H3. The molecule has 7 rings (SSSR count). The number of fused-ring (bicyclic) bond motifs is 3. The Morgan fingerprint density at radius 2 is 1.04 bits per heavy atom. The molecule has 51 heavy (non-hydrogen) atoms. The van der Waals surface area contributed by atoms with Gasteiger partial charge in [-0.1, -0.05) is 97.2 Å². The summed E-state index contributed by atoms with van der Waals surface area (Å²) in [4.78, 5) is 2.54. The van der Waals surface area contributed by atoms with E-state index in [2.05, 4.69) is 147 Å². The maximum Gasteiger partial charge on any atom is 0.0569 e. The van der Waals surface area contributed by atoms with Crippen molar-refractivity contribution in [3.8, 4) is 22.3 Å². The molecular weight excluding hydrogens is 619 g/mol. The van der Waals surface area contributed by atoms with Gasteiger partial charge in [0.2, 0.25) is 0 Å². The summed E-state index contributed by atoms with van der Waals surface area (Å²) < 4.78 is 4.84.